The maximum absolute atomic E-state index is 10.1. The molecule has 8 aromatic carbocycles. The number of rotatable bonds is 2. The summed E-state index contributed by atoms with van der Waals surface area (Å²) in [4.78, 5) is 5.40. The zero-order chi connectivity index (χ0) is 35.5. The fourth-order valence-corrected chi connectivity index (χ4v) is 9.65. The zero-order valence-electron chi connectivity index (χ0n) is 29.0. The van der Waals surface area contributed by atoms with E-state index in [1.165, 1.54) is 44.5 Å². The number of hydrogen-bond donors (Lipinski definition) is 0. The Bertz CT molecular complexity index is 3250. The summed E-state index contributed by atoms with van der Waals surface area (Å²) in [5.74, 6) is 0. The lowest BCUT2D eigenvalue weighted by Gasteiger charge is -2.30. The number of aromatic nitrogens is 1. The van der Waals surface area contributed by atoms with E-state index < -0.39 is 5.41 Å². The lowest BCUT2D eigenvalue weighted by atomic mass is 9.70. The van der Waals surface area contributed by atoms with Crippen LogP contribution in [0.2, 0.25) is 0 Å². The summed E-state index contributed by atoms with van der Waals surface area (Å²) in [6, 6.07) is 62.9. The molecule has 0 fully saturated rings. The Morgan fingerprint density at radius 1 is 0.463 bits per heavy atom. The molecular formula is C51H28N2O. The third kappa shape index (κ3) is 3.71. The van der Waals surface area contributed by atoms with Crippen LogP contribution in [0.3, 0.4) is 0 Å². The molecule has 2 aromatic heterocycles. The van der Waals surface area contributed by atoms with Crippen LogP contribution < -0.4 is 0 Å². The third-order valence-electron chi connectivity index (χ3n) is 11.9. The van der Waals surface area contributed by atoms with Gasteiger partial charge in [0, 0.05) is 32.5 Å². The highest BCUT2D eigenvalue weighted by atomic mass is 16.3. The molecule has 3 nitrogen and oxygen atoms in total. The van der Waals surface area contributed by atoms with Crippen LogP contribution in [0.25, 0.3) is 88.3 Å². The molecule has 0 atom stereocenters. The molecule has 12 rings (SSSR count). The quantitative estimate of drug-likeness (QED) is 0.170. The number of para-hydroxylation sites is 1. The molecule has 0 saturated heterocycles. The minimum Gasteiger partial charge on any atom is -0.455 e. The lowest BCUT2D eigenvalue weighted by Crippen LogP contribution is -2.26. The van der Waals surface area contributed by atoms with Gasteiger partial charge in [-0.1, -0.05) is 133 Å². The first kappa shape index (κ1) is 29.3. The molecule has 54 heavy (non-hydrogen) atoms. The van der Waals surface area contributed by atoms with Crippen LogP contribution in [0.4, 0.5) is 0 Å². The Morgan fingerprint density at radius 3 is 1.87 bits per heavy atom. The molecule has 1 spiro atoms. The smallest absolute Gasteiger partial charge is 0.144 e. The molecule has 0 aliphatic heterocycles. The van der Waals surface area contributed by atoms with Crippen LogP contribution >= 0.6 is 0 Å². The summed E-state index contributed by atoms with van der Waals surface area (Å²) in [5, 5.41) is 15.5. The summed E-state index contributed by atoms with van der Waals surface area (Å²) < 4.78 is 6.64. The van der Waals surface area contributed by atoms with Crippen molar-refractivity contribution in [3.05, 3.63) is 198 Å². The molecule has 0 radical (unpaired) electrons. The fraction of sp³-hybridized carbons (Fsp3) is 0.0196. The van der Waals surface area contributed by atoms with Crippen molar-refractivity contribution < 1.29 is 4.42 Å². The molecule has 0 amide bonds. The van der Waals surface area contributed by atoms with Crippen molar-refractivity contribution in [2.75, 3.05) is 0 Å². The van der Waals surface area contributed by atoms with E-state index in [0.717, 1.165) is 66.0 Å². The average Bonchev–Trinajstić information content (AvgIpc) is 3.87. The maximum Gasteiger partial charge on any atom is 0.144 e. The van der Waals surface area contributed by atoms with Crippen LogP contribution in [0.1, 0.15) is 27.8 Å². The van der Waals surface area contributed by atoms with E-state index in [9.17, 15) is 5.26 Å². The van der Waals surface area contributed by atoms with Crippen LogP contribution in [-0.2, 0) is 5.41 Å². The molecule has 248 valence electrons. The van der Waals surface area contributed by atoms with Crippen molar-refractivity contribution >= 4 is 43.6 Å². The second-order valence-electron chi connectivity index (χ2n) is 14.5. The van der Waals surface area contributed by atoms with Gasteiger partial charge in [0.05, 0.1) is 28.3 Å². The normalized spacial score (nSPS) is 13.3. The van der Waals surface area contributed by atoms with Crippen LogP contribution in [-0.4, -0.2) is 4.98 Å². The summed E-state index contributed by atoms with van der Waals surface area (Å²) in [6.07, 6.45) is 0. The third-order valence-corrected chi connectivity index (χ3v) is 11.9. The Kier molecular flexibility index (Phi) is 5.77. The van der Waals surface area contributed by atoms with Crippen molar-refractivity contribution in [2.45, 2.75) is 5.41 Å². The van der Waals surface area contributed by atoms with Gasteiger partial charge in [0.2, 0.25) is 0 Å². The van der Waals surface area contributed by atoms with Gasteiger partial charge < -0.3 is 4.42 Å². The van der Waals surface area contributed by atoms with Crippen molar-refractivity contribution in [2.24, 2.45) is 0 Å². The van der Waals surface area contributed by atoms with Gasteiger partial charge >= 0.3 is 0 Å². The predicted octanol–water partition coefficient (Wildman–Crippen LogP) is 12.8. The second-order valence-corrected chi connectivity index (χ2v) is 14.5. The number of nitriles is 1. The van der Waals surface area contributed by atoms with E-state index >= 15 is 0 Å². The topological polar surface area (TPSA) is 49.8 Å². The number of hydrogen-bond acceptors (Lipinski definition) is 3. The molecule has 10 aromatic rings. The lowest BCUT2D eigenvalue weighted by molar-refractivity contribution is 0.673. The van der Waals surface area contributed by atoms with E-state index in [2.05, 4.69) is 152 Å². The van der Waals surface area contributed by atoms with E-state index in [1.807, 2.05) is 24.3 Å². The van der Waals surface area contributed by atoms with Crippen LogP contribution in [0, 0.1) is 11.3 Å². The largest absolute Gasteiger partial charge is 0.455 e. The van der Waals surface area contributed by atoms with Gasteiger partial charge in [0.15, 0.2) is 0 Å². The van der Waals surface area contributed by atoms with Gasteiger partial charge in [0.1, 0.15) is 11.2 Å². The molecule has 2 aliphatic carbocycles. The Hall–Kier alpha value is -7.28. The van der Waals surface area contributed by atoms with Crippen molar-refractivity contribution in [3.63, 3.8) is 0 Å². The van der Waals surface area contributed by atoms with Gasteiger partial charge in [-0.3, -0.25) is 0 Å². The molecule has 0 unspecified atom stereocenters. The summed E-state index contributed by atoms with van der Waals surface area (Å²) in [6.45, 7) is 0. The number of furan rings is 1. The summed E-state index contributed by atoms with van der Waals surface area (Å²) >= 11 is 0. The highest BCUT2D eigenvalue weighted by Gasteiger charge is 2.51. The molecule has 0 bridgehead atoms. The Morgan fingerprint density at radius 2 is 1.07 bits per heavy atom. The van der Waals surface area contributed by atoms with Crippen LogP contribution in [0.15, 0.2) is 174 Å². The van der Waals surface area contributed by atoms with Crippen molar-refractivity contribution in [1.82, 2.24) is 4.98 Å². The number of fused-ring (bicyclic) bond motifs is 17. The van der Waals surface area contributed by atoms with Gasteiger partial charge in [0.25, 0.3) is 0 Å². The highest BCUT2D eigenvalue weighted by molar-refractivity contribution is 6.25. The number of nitrogens with zero attached hydrogens (tertiary/aromatic N) is 2. The van der Waals surface area contributed by atoms with E-state index in [0.29, 0.717) is 5.56 Å². The first-order chi connectivity index (χ1) is 26.7. The van der Waals surface area contributed by atoms with Gasteiger partial charge in [-0.2, -0.15) is 5.26 Å². The van der Waals surface area contributed by atoms with E-state index in [1.54, 1.807) is 0 Å². The molecule has 2 aliphatic rings. The Balaban J connectivity index is 1.13. The summed E-state index contributed by atoms with van der Waals surface area (Å²) in [5.41, 5.74) is 16.8. The second kappa shape index (κ2) is 10.6. The first-order valence-electron chi connectivity index (χ1n) is 18.3. The van der Waals surface area contributed by atoms with Crippen molar-refractivity contribution in [1.29, 1.82) is 5.26 Å². The summed E-state index contributed by atoms with van der Waals surface area (Å²) in [7, 11) is 0. The molecule has 2 heterocycles. The molecule has 3 heteroatoms. The number of benzene rings is 8. The minimum atomic E-state index is -0.542. The van der Waals surface area contributed by atoms with Crippen LogP contribution in [0.5, 0.6) is 0 Å². The average molecular weight is 685 g/mol. The Labute approximate surface area is 311 Å². The SMILES string of the molecule is N#Cc1ccc2c(c1)C1(c3ccccc3-c3ccccc31)c1cc(-c3ccc4c(c3)nc(-c3ccccc3)c3ccc5c6ccccc6oc5c34)ccc1-2. The highest BCUT2D eigenvalue weighted by Crippen LogP contribution is 2.63. The van der Waals surface area contributed by atoms with E-state index in [4.69, 9.17) is 9.40 Å². The first-order valence-corrected chi connectivity index (χ1v) is 18.3. The van der Waals surface area contributed by atoms with Crippen molar-refractivity contribution in [3.8, 4) is 50.7 Å². The zero-order valence-corrected chi connectivity index (χ0v) is 29.0. The molecule has 0 N–H and O–H groups in total. The monoisotopic (exact) mass is 684 g/mol. The van der Waals surface area contributed by atoms with E-state index in [-0.39, 0.29) is 0 Å². The minimum absolute atomic E-state index is 0.542. The van der Waals surface area contributed by atoms with Gasteiger partial charge in [-0.25, -0.2) is 4.98 Å². The van der Waals surface area contributed by atoms with Gasteiger partial charge in [-0.05, 0) is 92.0 Å². The predicted molar refractivity (Wildman–Crippen MR) is 218 cm³/mol. The van der Waals surface area contributed by atoms with Gasteiger partial charge in [-0.15, -0.1) is 0 Å². The maximum atomic E-state index is 10.1. The molecular weight excluding hydrogens is 657 g/mol. The standard InChI is InChI=1S/C51H28N2O/c52-29-30-18-21-36-37-22-19-32(27-45(37)51(44(36)26-30)42-15-7-4-12-34(42)35-13-5-8-16-43(35)51)33-20-23-40-46(28-33)53-49(31-10-2-1-3-11-31)41-25-24-39-38-14-6-9-17-47(38)54-50(39)48(40)41/h1-28H. The fourth-order valence-electron chi connectivity index (χ4n) is 9.65. The number of pyridine rings is 1. The molecule has 0 saturated carbocycles.